The van der Waals surface area contributed by atoms with Crippen LogP contribution in [0.15, 0.2) is 40.0 Å². The van der Waals surface area contributed by atoms with E-state index >= 15 is 0 Å². The lowest BCUT2D eigenvalue weighted by Crippen LogP contribution is -2.81. The SMILES string of the molecule is c1ccc(CSc2nnc([C@H]3CCC[NH2+]3)o2)cc1. The van der Waals surface area contributed by atoms with Crippen LogP contribution < -0.4 is 5.32 Å². The van der Waals surface area contributed by atoms with Crippen molar-refractivity contribution in [2.45, 2.75) is 29.9 Å². The van der Waals surface area contributed by atoms with Crippen molar-refractivity contribution in [2.24, 2.45) is 0 Å². The van der Waals surface area contributed by atoms with Gasteiger partial charge in [0.2, 0.25) is 0 Å². The van der Waals surface area contributed by atoms with Crippen LogP contribution in [0.4, 0.5) is 0 Å². The van der Waals surface area contributed by atoms with Gasteiger partial charge in [-0.05, 0) is 5.56 Å². The molecule has 1 fully saturated rings. The number of thioether (sulfide) groups is 1. The number of benzene rings is 1. The van der Waals surface area contributed by atoms with E-state index in [1.54, 1.807) is 11.8 Å². The standard InChI is InChI=1S/C13H15N3OS/c1-2-5-10(6-3-1)9-18-13-16-15-12(17-13)11-7-4-8-14-11/h1-3,5-6,11,14H,4,7-9H2/p+1/t11-/m1/s1. The van der Waals surface area contributed by atoms with E-state index in [1.165, 1.54) is 18.5 Å². The van der Waals surface area contributed by atoms with Crippen LogP contribution in [0.5, 0.6) is 0 Å². The van der Waals surface area contributed by atoms with E-state index < -0.39 is 0 Å². The molecule has 1 saturated heterocycles. The highest BCUT2D eigenvalue weighted by atomic mass is 32.2. The minimum Gasteiger partial charge on any atom is -0.410 e. The van der Waals surface area contributed by atoms with Gasteiger partial charge in [-0.1, -0.05) is 42.1 Å². The molecule has 0 amide bonds. The molecule has 0 bridgehead atoms. The third-order valence-electron chi connectivity index (χ3n) is 3.11. The van der Waals surface area contributed by atoms with Crippen LogP contribution in [-0.2, 0) is 5.75 Å². The molecule has 2 aromatic rings. The Morgan fingerprint density at radius 2 is 2.17 bits per heavy atom. The molecule has 5 heteroatoms. The average Bonchev–Trinajstić information content (AvgIpc) is 3.08. The summed E-state index contributed by atoms with van der Waals surface area (Å²) in [6.45, 7) is 1.17. The van der Waals surface area contributed by atoms with E-state index in [2.05, 4.69) is 27.6 Å². The van der Waals surface area contributed by atoms with Gasteiger partial charge < -0.3 is 9.73 Å². The summed E-state index contributed by atoms with van der Waals surface area (Å²) in [5, 5.41) is 11.2. The average molecular weight is 262 g/mol. The zero-order valence-corrected chi connectivity index (χ0v) is 10.9. The fourth-order valence-electron chi connectivity index (χ4n) is 2.15. The zero-order chi connectivity index (χ0) is 12.2. The molecule has 3 rings (SSSR count). The Morgan fingerprint density at radius 1 is 1.28 bits per heavy atom. The highest BCUT2D eigenvalue weighted by Gasteiger charge is 2.26. The van der Waals surface area contributed by atoms with Gasteiger partial charge in [-0.3, -0.25) is 0 Å². The molecule has 1 aliphatic rings. The Kier molecular flexibility index (Phi) is 3.61. The van der Waals surface area contributed by atoms with Gasteiger partial charge in [0.05, 0.1) is 6.54 Å². The van der Waals surface area contributed by atoms with Crippen molar-refractivity contribution in [1.29, 1.82) is 0 Å². The number of aromatic nitrogens is 2. The van der Waals surface area contributed by atoms with E-state index in [1.807, 2.05) is 18.2 Å². The summed E-state index contributed by atoms with van der Waals surface area (Å²) < 4.78 is 5.70. The van der Waals surface area contributed by atoms with Gasteiger partial charge >= 0.3 is 0 Å². The summed E-state index contributed by atoms with van der Waals surface area (Å²) >= 11 is 1.60. The molecule has 1 aromatic heterocycles. The van der Waals surface area contributed by atoms with E-state index in [4.69, 9.17) is 4.42 Å². The maximum absolute atomic E-state index is 5.70. The van der Waals surface area contributed by atoms with Crippen molar-refractivity contribution in [2.75, 3.05) is 6.54 Å². The number of quaternary nitrogens is 1. The molecule has 0 spiro atoms. The number of hydrogen-bond donors (Lipinski definition) is 1. The van der Waals surface area contributed by atoms with E-state index in [0.29, 0.717) is 11.3 Å². The molecule has 1 aromatic carbocycles. The largest absolute Gasteiger partial charge is 0.410 e. The van der Waals surface area contributed by atoms with Crippen LogP contribution in [0, 0.1) is 0 Å². The van der Waals surface area contributed by atoms with Crippen molar-refractivity contribution in [3.05, 3.63) is 41.8 Å². The number of nitrogens with two attached hydrogens (primary N) is 1. The lowest BCUT2D eigenvalue weighted by atomic mass is 10.2. The third kappa shape index (κ3) is 2.73. The highest BCUT2D eigenvalue weighted by Crippen LogP contribution is 2.24. The lowest BCUT2D eigenvalue weighted by molar-refractivity contribution is -0.678. The molecular weight excluding hydrogens is 246 g/mol. The smallest absolute Gasteiger partial charge is 0.277 e. The Labute approximate surface area is 110 Å². The first-order valence-electron chi connectivity index (χ1n) is 6.25. The first-order valence-corrected chi connectivity index (χ1v) is 7.24. The molecule has 0 aliphatic carbocycles. The minimum atomic E-state index is 0.378. The van der Waals surface area contributed by atoms with Gasteiger partial charge in [-0.25, -0.2) is 0 Å². The molecule has 0 saturated carbocycles. The van der Waals surface area contributed by atoms with Crippen LogP contribution >= 0.6 is 11.8 Å². The molecule has 4 nitrogen and oxygen atoms in total. The fraction of sp³-hybridized carbons (Fsp3) is 0.385. The molecule has 1 aliphatic heterocycles. The van der Waals surface area contributed by atoms with Crippen molar-refractivity contribution >= 4 is 11.8 Å². The monoisotopic (exact) mass is 262 g/mol. The number of rotatable bonds is 4. The quantitative estimate of drug-likeness (QED) is 0.853. The highest BCUT2D eigenvalue weighted by molar-refractivity contribution is 7.98. The van der Waals surface area contributed by atoms with Gasteiger partial charge in [0.15, 0.2) is 6.04 Å². The number of hydrogen-bond acceptors (Lipinski definition) is 4. The second-order valence-electron chi connectivity index (χ2n) is 4.45. The van der Waals surface area contributed by atoms with Crippen molar-refractivity contribution < 1.29 is 9.73 Å². The van der Waals surface area contributed by atoms with Gasteiger partial charge in [0, 0.05) is 18.6 Å². The van der Waals surface area contributed by atoms with Crippen molar-refractivity contribution in [3.63, 3.8) is 0 Å². The van der Waals surface area contributed by atoms with Crippen LogP contribution in [0.3, 0.4) is 0 Å². The molecule has 0 radical (unpaired) electrons. The Morgan fingerprint density at radius 3 is 2.94 bits per heavy atom. The molecule has 2 N–H and O–H groups in total. The maximum atomic E-state index is 5.70. The zero-order valence-electron chi connectivity index (χ0n) is 10.1. The second-order valence-corrected chi connectivity index (χ2v) is 5.38. The van der Waals surface area contributed by atoms with Gasteiger partial charge in [-0.15, -0.1) is 10.2 Å². The Balaban J connectivity index is 1.60. The Bertz CT molecular complexity index is 494. The molecule has 2 heterocycles. The minimum absolute atomic E-state index is 0.378. The maximum Gasteiger partial charge on any atom is 0.277 e. The topological polar surface area (TPSA) is 55.5 Å². The van der Waals surface area contributed by atoms with Crippen LogP contribution in [0.1, 0.15) is 30.3 Å². The fourth-order valence-corrected chi connectivity index (χ4v) is 2.87. The van der Waals surface area contributed by atoms with E-state index in [-0.39, 0.29) is 0 Å². The van der Waals surface area contributed by atoms with Crippen molar-refractivity contribution in [1.82, 2.24) is 10.2 Å². The first-order chi connectivity index (χ1) is 8.92. The van der Waals surface area contributed by atoms with Crippen molar-refractivity contribution in [3.8, 4) is 0 Å². The van der Waals surface area contributed by atoms with Crippen LogP contribution in [0.25, 0.3) is 0 Å². The van der Waals surface area contributed by atoms with Crippen LogP contribution in [0.2, 0.25) is 0 Å². The van der Waals surface area contributed by atoms with Gasteiger partial charge in [-0.2, -0.15) is 0 Å². The third-order valence-corrected chi connectivity index (χ3v) is 4.00. The predicted molar refractivity (Wildman–Crippen MR) is 69.1 cm³/mol. The van der Waals surface area contributed by atoms with Crippen LogP contribution in [-0.4, -0.2) is 16.7 Å². The summed E-state index contributed by atoms with van der Waals surface area (Å²) in [6, 6.07) is 10.7. The normalized spacial score (nSPS) is 19.2. The van der Waals surface area contributed by atoms with Gasteiger partial charge in [0.1, 0.15) is 0 Å². The molecule has 1 atom stereocenters. The Hall–Kier alpha value is -1.33. The lowest BCUT2D eigenvalue weighted by Gasteiger charge is -1.99. The van der Waals surface area contributed by atoms with E-state index in [0.717, 1.165) is 18.1 Å². The summed E-state index contributed by atoms with van der Waals surface area (Å²) in [7, 11) is 0. The summed E-state index contributed by atoms with van der Waals surface area (Å²) in [5.74, 6) is 1.65. The second kappa shape index (κ2) is 5.54. The van der Waals surface area contributed by atoms with E-state index in [9.17, 15) is 0 Å². The predicted octanol–water partition coefficient (Wildman–Crippen LogP) is 1.76. The summed E-state index contributed by atoms with van der Waals surface area (Å²) in [5.41, 5.74) is 1.27. The molecule has 94 valence electrons. The first kappa shape index (κ1) is 11.7. The summed E-state index contributed by atoms with van der Waals surface area (Å²) in [4.78, 5) is 0. The van der Waals surface area contributed by atoms with Gasteiger partial charge in [0.25, 0.3) is 11.1 Å². The molecule has 18 heavy (non-hydrogen) atoms. The molecular formula is C13H16N3OS+. The summed E-state index contributed by atoms with van der Waals surface area (Å²) in [6.07, 6.45) is 2.38. The number of nitrogens with zero attached hydrogens (tertiary/aromatic N) is 2. The molecule has 0 unspecified atom stereocenters.